The van der Waals surface area contributed by atoms with E-state index in [2.05, 4.69) is 34.3 Å². The Morgan fingerprint density at radius 1 is 1.32 bits per heavy atom. The van der Waals surface area contributed by atoms with Gasteiger partial charge in [0.2, 0.25) is 0 Å². The second kappa shape index (κ2) is 8.91. The summed E-state index contributed by atoms with van der Waals surface area (Å²) in [6.07, 6.45) is 3.74. The van der Waals surface area contributed by atoms with Gasteiger partial charge in [0.25, 0.3) is 0 Å². The Morgan fingerprint density at radius 2 is 1.95 bits per heavy atom. The molecule has 0 aromatic rings. The lowest BCUT2D eigenvalue weighted by molar-refractivity contribution is 0.0315. The van der Waals surface area contributed by atoms with Gasteiger partial charge in [-0.05, 0) is 25.2 Å². The predicted octanol–water partition coefficient (Wildman–Crippen LogP) is 4.26. The van der Waals surface area contributed by atoms with Crippen molar-refractivity contribution in [3.8, 4) is 0 Å². The first-order chi connectivity index (χ1) is 8.72. The van der Waals surface area contributed by atoms with Gasteiger partial charge in [0.15, 0.2) is 0 Å². The molecule has 0 aromatic heterocycles. The minimum absolute atomic E-state index is 0.224. The SMILES string of the molecule is C=CCP(=O)(OC)OCCCOC(C)CC(C)(C)C. The molecule has 2 atom stereocenters. The minimum Gasteiger partial charge on any atom is -0.378 e. The van der Waals surface area contributed by atoms with Gasteiger partial charge in [-0.2, -0.15) is 0 Å². The van der Waals surface area contributed by atoms with Crippen LogP contribution in [0, 0.1) is 5.41 Å². The van der Waals surface area contributed by atoms with E-state index in [9.17, 15) is 4.57 Å². The summed E-state index contributed by atoms with van der Waals surface area (Å²) in [5, 5.41) is 0. The van der Waals surface area contributed by atoms with E-state index in [0.717, 1.165) is 6.42 Å². The van der Waals surface area contributed by atoms with Crippen LogP contribution in [0.1, 0.15) is 40.5 Å². The Hall–Kier alpha value is -0.150. The quantitative estimate of drug-likeness (QED) is 0.343. The molecule has 5 heteroatoms. The van der Waals surface area contributed by atoms with Crippen LogP contribution < -0.4 is 0 Å². The zero-order valence-electron chi connectivity index (χ0n) is 13.0. The van der Waals surface area contributed by atoms with Crippen molar-refractivity contribution in [3.05, 3.63) is 12.7 Å². The van der Waals surface area contributed by atoms with E-state index in [4.69, 9.17) is 13.8 Å². The smallest absolute Gasteiger partial charge is 0.334 e. The van der Waals surface area contributed by atoms with Crippen LogP contribution in [0.15, 0.2) is 12.7 Å². The fraction of sp³-hybridized carbons (Fsp3) is 0.857. The summed E-state index contributed by atoms with van der Waals surface area (Å²) in [7, 11) is -1.58. The molecule has 0 N–H and O–H groups in total. The summed E-state index contributed by atoms with van der Waals surface area (Å²) in [6, 6.07) is 0. The number of rotatable bonds is 10. The van der Waals surface area contributed by atoms with Crippen LogP contribution in [-0.4, -0.2) is 32.6 Å². The molecular weight excluding hydrogens is 263 g/mol. The van der Waals surface area contributed by atoms with Crippen LogP contribution in [0.3, 0.4) is 0 Å². The Morgan fingerprint density at radius 3 is 2.42 bits per heavy atom. The molecule has 114 valence electrons. The summed E-state index contributed by atoms with van der Waals surface area (Å²) in [4.78, 5) is 0. The topological polar surface area (TPSA) is 44.8 Å². The predicted molar refractivity (Wildman–Crippen MR) is 79.7 cm³/mol. The van der Waals surface area contributed by atoms with E-state index in [1.165, 1.54) is 7.11 Å². The minimum atomic E-state index is -2.97. The highest BCUT2D eigenvalue weighted by Gasteiger charge is 2.20. The third-order valence-corrected chi connectivity index (χ3v) is 4.35. The van der Waals surface area contributed by atoms with Crippen molar-refractivity contribution >= 4 is 7.60 Å². The lowest BCUT2D eigenvalue weighted by Crippen LogP contribution is -2.18. The van der Waals surface area contributed by atoms with E-state index >= 15 is 0 Å². The molecule has 0 aliphatic heterocycles. The number of hydrogen-bond donors (Lipinski definition) is 0. The van der Waals surface area contributed by atoms with Crippen LogP contribution in [-0.2, 0) is 18.3 Å². The van der Waals surface area contributed by atoms with Gasteiger partial charge in [-0.1, -0.05) is 26.8 Å². The maximum absolute atomic E-state index is 11.9. The standard InChI is InChI=1S/C14H29O4P/c1-7-11-19(15,16-6)18-10-8-9-17-13(2)12-14(3,4)5/h7,13H,1,8-12H2,2-6H3. The summed E-state index contributed by atoms with van der Waals surface area (Å²) < 4.78 is 27.8. The maximum atomic E-state index is 11.9. The van der Waals surface area contributed by atoms with Crippen molar-refractivity contribution in [1.29, 1.82) is 0 Å². The average molecular weight is 292 g/mol. The van der Waals surface area contributed by atoms with E-state index in [-0.39, 0.29) is 17.7 Å². The van der Waals surface area contributed by atoms with Gasteiger partial charge in [0.1, 0.15) is 0 Å². The molecule has 4 nitrogen and oxygen atoms in total. The van der Waals surface area contributed by atoms with Gasteiger partial charge < -0.3 is 13.8 Å². The van der Waals surface area contributed by atoms with Crippen LogP contribution in [0.25, 0.3) is 0 Å². The van der Waals surface area contributed by atoms with E-state index in [0.29, 0.717) is 19.6 Å². The third kappa shape index (κ3) is 10.3. The van der Waals surface area contributed by atoms with Crippen molar-refractivity contribution in [1.82, 2.24) is 0 Å². The lowest BCUT2D eigenvalue weighted by Gasteiger charge is -2.23. The molecule has 0 fully saturated rings. The van der Waals surface area contributed by atoms with Crippen molar-refractivity contribution < 1.29 is 18.3 Å². The van der Waals surface area contributed by atoms with Crippen LogP contribution in [0.5, 0.6) is 0 Å². The molecule has 0 bridgehead atoms. The Labute approximate surface area is 118 Å². The molecule has 0 aliphatic rings. The third-order valence-electron chi connectivity index (χ3n) is 2.51. The molecule has 0 rings (SSSR count). The molecule has 0 heterocycles. The number of allylic oxidation sites excluding steroid dienone is 1. The summed E-state index contributed by atoms with van der Waals surface area (Å²) in [6.45, 7) is 13.2. The van der Waals surface area contributed by atoms with Gasteiger partial charge in [-0.25, -0.2) is 0 Å². The Kier molecular flexibility index (Phi) is 8.84. The summed E-state index contributed by atoms with van der Waals surface area (Å²) in [5.41, 5.74) is 0.269. The van der Waals surface area contributed by atoms with Crippen LogP contribution in [0.4, 0.5) is 0 Å². The lowest BCUT2D eigenvalue weighted by atomic mass is 9.90. The van der Waals surface area contributed by atoms with Gasteiger partial charge >= 0.3 is 7.60 Å². The maximum Gasteiger partial charge on any atom is 0.334 e. The van der Waals surface area contributed by atoms with Gasteiger partial charge in [-0.3, -0.25) is 4.57 Å². The van der Waals surface area contributed by atoms with Gasteiger partial charge in [-0.15, -0.1) is 6.58 Å². The first-order valence-electron chi connectivity index (χ1n) is 6.74. The molecular formula is C14H29O4P. The first kappa shape index (κ1) is 18.9. The van der Waals surface area contributed by atoms with Gasteiger partial charge in [0, 0.05) is 13.7 Å². The highest BCUT2D eigenvalue weighted by Crippen LogP contribution is 2.47. The van der Waals surface area contributed by atoms with Crippen molar-refractivity contribution in [2.75, 3.05) is 26.5 Å². The second-order valence-corrected chi connectivity index (χ2v) is 8.11. The molecule has 0 radical (unpaired) electrons. The molecule has 0 spiro atoms. The van der Waals surface area contributed by atoms with Gasteiger partial charge in [0.05, 0.1) is 18.9 Å². The molecule has 19 heavy (non-hydrogen) atoms. The summed E-state index contributed by atoms with van der Waals surface area (Å²) in [5.74, 6) is 0. The largest absolute Gasteiger partial charge is 0.378 e. The summed E-state index contributed by atoms with van der Waals surface area (Å²) >= 11 is 0. The monoisotopic (exact) mass is 292 g/mol. The molecule has 0 saturated heterocycles. The van der Waals surface area contributed by atoms with Crippen LogP contribution in [0.2, 0.25) is 0 Å². The Balaban J connectivity index is 3.75. The highest BCUT2D eigenvalue weighted by molar-refractivity contribution is 7.54. The van der Waals surface area contributed by atoms with Crippen LogP contribution >= 0.6 is 7.60 Å². The molecule has 0 saturated carbocycles. The number of ether oxygens (including phenoxy) is 1. The van der Waals surface area contributed by atoms with E-state index < -0.39 is 7.60 Å². The highest BCUT2D eigenvalue weighted by atomic mass is 31.2. The fourth-order valence-corrected chi connectivity index (χ4v) is 2.89. The Bertz CT molecular complexity index is 296. The van der Waals surface area contributed by atoms with E-state index in [1.807, 2.05) is 0 Å². The second-order valence-electron chi connectivity index (χ2n) is 5.90. The first-order valence-corrected chi connectivity index (χ1v) is 8.47. The van der Waals surface area contributed by atoms with Crippen molar-refractivity contribution in [2.24, 2.45) is 5.41 Å². The van der Waals surface area contributed by atoms with Crippen molar-refractivity contribution in [3.63, 3.8) is 0 Å². The average Bonchev–Trinajstić information content (AvgIpc) is 2.26. The molecule has 0 amide bonds. The molecule has 2 unspecified atom stereocenters. The zero-order valence-corrected chi connectivity index (χ0v) is 13.9. The fourth-order valence-electron chi connectivity index (χ4n) is 1.81. The van der Waals surface area contributed by atoms with Crippen molar-refractivity contribution in [2.45, 2.75) is 46.6 Å². The molecule has 0 aliphatic carbocycles. The molecule has 0 aromatic carbocycles. The van der Waals surface area contributed by atoms with E-state index in [1.54, 1.807) is 6.08 Å². The number of hydrogen-bond acceptors (Lipinski definition) is 4. The normalized spacial score (nSPS) is 16.9. The zero-order chi connectivity index (χ0) is 14.9.